The molecule has 1 saturated carbocycles. The van der Waals surface area contributed by atoms with Crippen molar-refractivity contribution in [1.29, 1.82) is 5.26 Å². The highest BCUT2D eigenvalue weighted by atomic mass is 16.3. The van der Waals surface area contributed by atoms with Gasteiger partial charge in [-0.1, -0.05) is 71.0 Å². The van der Waals surface area contributed by atoms with Crippen LogP contribution in [0, 0.1) is 29.6 Å². The van der Waals surface area contributed by atoms with E-state index in [1.807, 2.05) is 6.07 Å². The van der Waals surface area contributed by atoms with Crippen LogP contribution in [0.4, 0.5) is 0 Å². The standard InChI is InChI=1S/C39H43N2O/c1-24(2)29-20-21-41(7)34(22-29)35-25(3)8-18-32-33-19-15-30(23-40)36(38(33)42-37(32)35)28-11-9-26(10-12-28)27-13-16-31(17-14-27)39(4,5)6/h8-12,15,18-22,24,27,31H,13-14,16-17H2,1-7H3/q+1. The Balaban J connectivity index is 1.45. The van der Waals surface area contributed by atoms with Crippen molar-refractivity contribution in [3.63, 3.8) is 0 Å². The summed E-state index contributed by atoms with van der Waals surface area (Å²) >= 11 is 0. The van der Waals surface area contributed by atoms with E-state index in [9.17, 15) is 5.26 Å². The summed E-state index contributed by atoms with van der Waals surface area (Å²) in [5, 5.41) is 12.3. The minimum absolute atomic E-state index is 0.390. The fourth-order valence-electron chi connectivity index (χ4n) is 7.11. The Hall–Kier alpha value is -3.90. The van der Waals surface area contributed by atoms with E-state index in [-0.39, 0.29) is 0 Å². The summed E-state index contributed by atoms with van der Waals surface area (Å²) in [6, 6.07) is 24.3. The molecule has 3 aromatic carbocycles. The maximum Gasteiger partial charge on any atom is 0.216 e. The van der Waals surface area contributed by atoms with Crippen molar-refractivity contribution in [2.75, 3.05) is 0 Å². The molecule has 0 N–H and O–H groups in total. The maximum atomic E-state index is 10.2. The third kappa shape index (κ3) is 4.92. The van der Waals surface area contributed by atoms with E-state index in [0.717, 1.165) is 50.2 Å². The van der Waals surface area contributed by atoms with Crippen molar-refractivity contribution in [2.45, 2.75) is 79.1 Å². The molecule has 0 bridgehead atoms. The van der Waals surface area contributed by atoms with Crippen molar-refractivity contribution in [1.82, 2.24) is 0 Å². The molecule has 3 nitrogen and oxygen atoms in total. The molecule has 0 spiro atoms. The van der Waals surface area contributed by atoms with Gasteiger partial charge in [-0.25, -0.2) is 4.57 Å². The number of rotatable bonds is 4. The smallest absolute Gasteiger partial charge is 0.216 e. The van der Waals surface area contributed by atoms with Gasteiger partial charge >= 0.3 is 0 Å². The first kappa shape index (κ1) is 28.2. The first-order valence-corrected chi connectivity index (χ1v) is 15.6. The van der Waals surface area contributed by atoms with Crippen LogP contribution in [0.1, 0.15) is 94.4 Å². The number of hydrogen-bond acceptors (Lipinski definition) is 2. The summed E-state index contributed by atoms with van der Waals surface area (Å²) in [7, 11) is 2.09. The predicted octanol–water partition coefficient (Wildman–Crippen LogP) is 10.4. The number of benzene rings is 3. The van der Waals surface area contributed by atoms with E-state index in [2.05, 4.69) is 120 Å². The van der Waals surface area contributed by atoms with Gasteiger partial charge in [0.2, 0.25) is 5.69 Å². The molecule has 42 heavy (non-hydrogen) atoms. The van der Waals surface area contributed by atoms with Gasteiger partial charge in [0, 0.05) is 28.5 Å². The quantitative estimate of drug-likeness (QED) is 0.207. The monoisotopic (exact) mass is 555 g/mol. The zero-order valence-corrected chi connectivity index (χ0v) is 26.2. The molecule has 0 amide bonds. The van der Waals surface area contributed by atoms with E-state index in [4.69, 9.17) is 4.42 Å². The van der Waals surface area contributed by atoms with Gasteiger partial charge in [-0.2, -0.15) is 5.26 Å². The van der Waals surface area contributed by atoms with Crippen LogP contribution in [-0.2, 0) is 7.05 Å². The van der Waals surface area contributed by atoms with Crippen molar-refractivity contribution >= 4 is 21.9 Å². The summed E-state index contributed by atoms with van der Waals surface area (Å²) in [6.07, 6.45) is 7.24. The molecule has 2 heterocycles. The second kappa shape index (κ2) is 10.7. The highest BCUT2D eigenvalue weighted by molar-refractivity contribution is 6.14. The van der Waals surface area contributed by atoms with Crippen LogP contribution < -0.4 is 4.57 Å². The van der Waals surface area contributed by atoms with E-state index in [1.165, 1.54) is 42.4 Å². The van der Waals surface area contributed by atoms with Crippen molar-refractivity contribution < 1.29 is 8.98 Å². The number of nitriles is 1. The maximum absolute atomic E-state index is 10.2. The van der Waals surface area contributed by atoms with Crippen molar-refractivity contribution in [3.05, 3.63) is 89.1 Å². The zero-order chi connectivity index (χ0) is 29.8. The van der Waals surface area contributed by atoms with Crippen LogP contribution in [0.15, 0.2) is 71.3 Å². The molecule has 2 aromatic heterocycles. The van der Waals surface area contributed by atoms with Gasteiger partial charge < -0.3 is 4.42 Å². The Morgan fingerprint density at radius 1 is 0.857 bits per heavy atom. The summed E-state index contributed by atoms with van der Waals surface area (Å²) < 4.78 is 9.00. The predicted molar refractivity (Wildman–Crippen MR) is 173 cm³/mol. The Morgan fingerprint density at radius 2 is 1.50 bits per heavy atom. The average Bonchev–Trinajstić information content (AvgIpc) is 3.35. The van der Waals surface area contributed by atoms with Crippen LogP contribution in [0.3, 0.4) is 0 Å². The molecule has 0 unspecified atom stereocenters. The number of fused-ring (bicyclic) bond motifs is 3. The van der Waals surface area contributed by atoms with E-state index in [1.54, 1.807) is 0 Å². The van der Waals surface area contributed by atoms with Gasteiger partial charge in [-0.3, -0.25) is 0 Å². The largest absolute Gasteiger partial charge is 0.454 e. The fourth-order valence-corrected chi connectivity index (χ4v) is 7.11. The lowest BCUT2D eigenvalue weighted by molar-refractivity contribution is -0.660. The molecule has 6 rings (SSSR count). The second-order valence-corrected chi connectivity index (χ2v) is 13.9. The van der Waals surface area contributed by atoms with Crippen molar-refractivity contribution in [3.8, 4) is 28.5 Å². The minimum atomic E-state index is 0.390. The Bertz CT molecular complexity index is 1820. The highest BCUT2D eigenvalue weighted by Gasteiger charge is 2.30. The van der Waals surface area contributed by atoms with Gasteiger partial charge in [-0.05, 0) is 90.2 Å². The minimum Gasteiger partial charge on any atom is -0.454 e. The average molecular weight is 556 g/mol. The molecule has 1 fully saturated rings. The normalized spacial score (nSPS) is 17.7. The van der Waals surface area contributed by atoms with Gasteiger partial charge in [0.25, 0.3) is 0 Å². The Labute approximate surface area is 250 Å². The first-order chi connectivity index (χ1) is 20.1. The molecule has 0 aliphatic heterocycles. The third-order valence-corrected chi connectivity index (χ3v) is 9.86. The third-order valence-electron chi connectivity index (χ3n) is 9.86. The van der Waals surface area contributed by atoms with Gasteiger partial charge in [0.05, 0.1) is 17.2 Å². The molecular weight excluding hydrogens is 512 g/mol. The van der Waals surface area contributed by atoms with Crippen molar-refractivity contribution in [2.24, 2.45) is 18.4 Å². The molecule has 0 radical (unpaired) electrons. The van der Waals surface area contributed by atoms with Crippen LogP contribution >= 0.6 is 0 Å². The Morgan fingerprint density at radius 3 is 2.12 bits per heavy atom. The number of pyridine rings is 1. The lowest BCUT2D eigenvalue weighted by atomic mass is 9.68. The highest BCUT2D eigenvalue weighted by Crippen LogP contribution is 2.45. The molecule has 5 aromatic rings. The SMILES string of the molecule is Cc1ccc2c(oc3c(-c4ccc(C5CCC(C(C)(C)C)CC5)cc4)c(C#N)ccc32)c1-c1cc(C(C)C)cc[n+]1C. The van der Waals surface area contributed by atoms with Crippen LogP contribution in [-0.4, -0.2) is 0 Å². The molecule has 0 atom stereocenters. The van der Waals surface area contributed by atoms with Crippen LogP contribution in [0.25, 0.3) is 44.3 Å². The van der Waals surface area contributed by atoms with Gasteiger partial charge in [0.15, 0.2) is 6.20 Å². The van der Waals surface area contributed by atoms with Crippen LogP contribution in [0.2, 0.25) is 0 Å². The van der Waals surface area contributed by atoms with Crippen LogP contribution in [0.5, 0.6) is 0 Å². The summed E-state index contributed by atoms with van der Waals surface area (Å²) in [5.41, 5.74) is 10.8. The molecule has 1 aliphatic carbocycles. The molecular formula is C39H43N2O+. The number of aryl methyl sites for hydroxylation is 2. The number of nitrogens with zero attached hydrogens (tertiary/aromatic N) is 2. The first-order valence-electron chi connectivity index (χ1n) is 15.6. The number of hydrogen-bond donors (Lipinski definition) is 0. The summed E-state index contributed by atoms with van der Waals surface area (Å²) in [5.74, 6) is 1.85. The fraction of sp³-hybridized carbons (Fsp3) is 0.385. The Kier molecular flexibility index (Phi) is 7.22. The van der Waals surface area contributed by atoms with E-state index < -0.39 is 0 Å². The lowest BCUT2D eigenvalue weighted by Crippen LogP contribution is -2.31. The summed E-state index contributed by atoms with van der Waals surface area (Å²) in [6.45, 7) is 13.7. The summed E-state index contributed by atoms with van der Waals surface area (Å²) in [4.78, 5) is 0. The number of furan rings is 1. The van der Waals surface area contributed by atoms with Gasteiger partial charge in [-0.15, -0.1) is 0 Å². The van der Waals surface area contributed by atoms with E-state index in [0.29, 0.717) is 22.8 Å². The van der Waals surface area contributed by atoms with E-state index >= 15 is 0 Å². The topological polar surface area (TPSA) is 40.8 Å². The molecule has 214 valence electrons. The lowest BCUT2D eigenvalue weighted by Gasteiger charge is -2.37. The van der Waals surface area contributed by atoms with Gasteiger partial charge in [0.1, 0.15) is 18.2 Å². The molecule has 1 aliphatic rings. The molecule has 3 heteroatoms. The number of aromatic nitrogens is 1. The molecule has 0 saturated heterocycles. The zero-order valence-electron chi connectivity index (χ0n) is 26.2. The second-order valence-electron chi connectivity index (χ2n) is 13.9.